The minimum atomic E-state index is -0.149. The Hall–Kier alpha value is -0.570. The van der Waals surface area contributed by atoms with Crippen LogP contribution in [0.5, 0.6) is 0 Å². The molecule has 2 N–H and O–H groups in total. The quantitative estimate of drug-likeness (QED) is 0.676. The maximum absolute atomic E-state index is 11.0. The van der Waals surface area contributed by atoms with Gasteiger partial charge in [0.2, 0.25) is 5.91 Å². The highest BCUT2D eigenvalue weighted by atomic mass is 16.1. The Morgan fingerprint density at radius 3 is 3.00 bits per heavy atom. The van der Waals surface area contributed by atoms with E-state index in [1.165, 1.54) is 12.8 Å². The fourth-order valence-electron chi connectivity index (χ4n) is 1.78. The third-order valence-corrected chi connectivity index (χ3v) is 2.49. The third-order valence-electron chi connectivity index (χ3n) is 2.49. The van der Waals surface area contributed by atoms with Gasteiger partial charge in [-0.2, -0.15) is 0 Å². The molecule has 1 atom stereocenters. The van der Waals surface area contributed by atoms with Crippen LogP contribution < -0.4 is 5.73 Å². The van der Waals surface area contributed by atoms with Crippen LogP contribution in [0.4, 0.5) is 0 Å². The number of carbonyl (C=O) groups is 1. The number of primary amides is 1. The molecule has 12 heavy (non-hydrogen) atoms. The molecule has 1 aliphatic rings. The Kier molecular flexibility index (Phi) is 3.53. The van der Waals surface area contributed by atoms with Crippen LogP contribution in [0.15, 0.2) is 0 Å². The molecule has 1 amide bonds. The van der Waals surface area contributed by atoms with Gasteiger partial charge in [-0.15, -0.1) is 0 Å². The molecule has 0 saturated carbocycles. The maximum atomic E-state index is 11.0. The molecule has 1 aliphatic heterocycles. The third kappa shape index (κ3) is 2.21. The van der Waals surface area contributed by atoms with E-state index in [2.05, 4.69) is 11.8 Å². The molecule has 3 nitrogen and oxygen atoms in total. The summed E-state index contributed by atoms with van der Waals surface area (Å²) in [6, 6.07) is 0.0246. The highest BCUT2D eigenvalue weighted by Gasteiger charge is 2.27. The number of unbranched alkanes of at least 4 members (excludes halogenated alkanes) is 1. The van der Waals surface area contributed by atoms with Gasteiger partial charge in [-0.25, -0.2) is 0 Å². The van der Waals surface area contributed by atoms with Gasteiger partial charge >= 0.3 is 0 Å². The summed E-state index contributed by atoms with van der Waals surface area (Å²) in [6.45, 7) is 4.24. The minimum absolute atomic E-state index is 0.0246. The number of carbonyl (C=O) groups excluding carboxylic acids is 1. The molecule has 1 saturated heterocycles. The first-order valence-electron chi connectivity index (χ1n) is 4.79. The van der Waals surface area contributed by atoms with Crippen LogP contribution >= 0.6 is 0 Å². The normalized spacial score (nSPS) is 24.6. The highest BCUT2D eigenvalue weighted by Crippen LogP contribution is 2.16. The molecular weight excluding hydrogens is 152 g/mol. The first-order valence-corrected chi connectivity index (χ1v) is 4.79. The topological polar surface area (TPSA) is 46.3 Å². The van der Waals surface area contributed by atoms with E-state index in [4.69, 9.17) is 5.73 Å². The monoisotopic (exact) mass is 170 g/mol. The summed E-state index contributed by atoms with van der Waals surface area (Å²) in [5.74, 6) is -0.149. The Balaban J connectivity index is 2.35. The first-order chi connectivity index (χ1) is 5.75. The lowest BCUT2D eigenvalue weighted by molar-refractivity contribution is -0.122. The molecule has 3 heteroatoms. The van der Waals surface area contributed by atoms with Gasteiger partial charge in [0, 0.05) is 0 Å². The lowest BCUT2D eigenvalue weighted by Gasteiger charge is -2.20. The van der Waals surface area contributed by atoms with Gasteiger partial charge in [-0.3, -0.25) is 9.69 Å². The van der Waals surface area contributed by atoms with Gasteiger partial charge in [-0.1, -0.05) is 13.3 Å². The van der Waals surface area contributed by atoms with Gasteiger partial charge < -0.3 is 5.73 Å². The number of hydrogen-bond donors (Lipinski definition) is 1. The number of nitrogens with zero attached hydrogens (tertiary/aromatic N) is 1. The Morgan fingerprint density at radius 1 is 1.67 bits per heavy atom. The van der Waals surface area contributed by atoms with Crippen LogP contribution in [0.25, 0.3) is 0 Å². The first kappa shape index (κ1) is 9.52. The van der Waals surface area contributed by atoms with Crippen molar-refractivity contribution in [3.05, 3.63) is 0 Å². The molecular formula is C9H18N2O. The van der Waals surface area contributed by atoms with Gasteiger partial charge in [0.15, 0.2) is 0 Å². The molecule has 0 aromatic heterocycles. The van der Waals surface area contributed by atoms with E-state index in [9.17, 15) is 4.79 Å². The number of rotatable bonds is 4. The van der Waals surface area contributed by atoms with Crippen molar-refractivity contribution in [1.29, 1.82) is 0 Å². The largest absolute Gasteiger partial charge is 0.368 e. The second-order valence-corrected chi connectivity index (χ2v) is 3.45. The molecule has 70 valence electrons. The highest BCUT2D eigenvalue weighted by molar-refractivity contribution is 5.80. The minimum Gasteiger partial charge on any atom is -0.368 e. The smallest absolute Gasteiger partial charge is 0.234 e. The van der Waals surface area contributed by atoms with Crippen molar-refractivity contribution < 1.29 is 4.79 Å². The van der Waals surface area contributed by atoms with Crippen molar-refractivity contribution in [3.63, 3.8) is 0 Å². The molecule has 1 fully saturated rings. The van der Waals surface area contributed by atoms with E-state index in [0.717, 1.165) is 25.9 Å². The number of hydrogen-bond acceptors (Lipinski definition) is 2. The van der Waals surface area contributed by atoms with E-state index >= 15 is 0 Å². The van der Waals surface area contributed by atoms with Crippen molar-refractivity contribution in [2.45, 2.75) is 38.6 Å². The molecule has 0 aliphatic carbocycles. The van der Waals surface area contributed by atoms with Gasteiger partial charge in [0.05, 0.1) is 6.04 Å². The molecule has 0 unspecified atom stereocenters. The van der Waals surface area contributed by atoms with Crippen LogP contribution in [0, 0.1) is 0 Å². The summed E-state index contributed by atoms with van der Waals surface area (Å²) in [5.41, 5.74) is 5.28. The van der Waals surface area contributed by atoms with Gasteiger partial charge in [0.25, 0.3) is 0 Å². The Bertz CT molecular complexity index is 159. The zero-order valence-corrected chi connectivity index (χ0v) is 7.75. The summed E-state index contributed by atoms with van der Waals surface area (Å²) in [7, 11) is 0. The van der Waals surface area contributed by atoms with Gasteiger partial charge in [0.1, 0.15) is 0 Å². The lowest BCUT2D eigenvalue weighted by Crippen LogP contribution is -2.40. The zero-order valence-electron chi connectivity index (χ0n) is 7.75. The molecule has 0 bridgehead atoms. The van der Waals surface area contributed by atoms with Crippen molar-refractivity contribution in [3.8, 4) is 0 Å². The molecule has 0 aromatic rings. The summed E-state index contributed by atoms with van der Waals surface area (Å²) < 4.78 is 0. The SMILES string of the molecule is CCCCN1CCC[C@H]1C(N)=O. The predicted molar refractivity (Wildman–Crippen MR) is 48.7 cm³/mol. The number of nitrogens with two attached hydrogens (primary N) is 1. The average Bonchev–Trinajstić information content (AvgIpc) is 2.48. The van der Waals surface area contributed by atoms with Crippen molar-refractivity contribution in [2.24, 2.45) is 5.73 Å². The predicted octanol–water partition coefficient (Wildman–Crippen LogP) is 0.736. The van der Waals surface area contributed by atoms with E-state index in [1.54, 1.807) is 0 Å². The van der Waals surface area contributed by atoms with E-state index in [1.807, 2.05) is 0 Å². The standard InChI is InChI=1S/C9H18N2O/c1-2-3-6-11-7-4-5-8(11)9(10)12/h8H,2-7H2,1H3,(H2,10,12)/t8-/m0/s1. The number of amides is 1. The second kappa shape index (κ2) is 4.45. The number of likely N-dealkylation sites (tertiary alicyclic amines) is 1. The van der Waals surface area contributed by atoms with Crippen molar-refractivity contribution in [1.82, 2.24) is 4.90 Å². The zero-order chi connectivity index (χ0) is 8.97. The van der Waals surface area contributed by atoms with Crippen molar-refractivity contribution in [2.75, 3.05) is 13.1 Å². The summed E-state index contributed by atoms with van der Waals surface area (Å²) in [4.78, 5) is 13.2. The van der Waals surface area contributed by atoms with E-state index < -0.39 is 0 Å². The summed E-state index contributed by atoms with van der Waals surface area (Å²) in [6.07, 6.45) is 4.43. The molecule has 1 heterocycles. The van der Waals surface area contributed by atoms with Crippen LogP contribution in [0.1, 0.15) is 32.6 Å². The van der Waals surface area contributed by atoms with Gasteiger partial charge in [-0.05, 0) is 32.4 Å². The van der Waals surface area contributed by atoms with E-state index in [-0.39, 0.29) is 11.9 Å². The maximum Gasteiger partial charge on any atom is 0.234 e. The average molecular weight is 170 g/mol. The lowest BCUT2D eigenvalue weighted by atomic mass is 10.2. The fourth-order valence-corrected chi connectivity index (χ4v) is 1.78. The van der Waals surface area contributed by atoms with Crippen molar-refractivity contribution >= 4 is 5.91 Å². The van der Waals surface area contributed by atoms with E-state index in [0.29, 0.717) is 0 Å². The molecule has 0 spiro atoms. The summed E-state index contributed by atoms with van der Waals surface area (Å²) >= 11 is 0. The molecule has 0 radical (unpaired) electrons. The summed E-state index contributed by atoms with van der Waals surface area (Å²) in [5, 5.41) is 0. The Morgan fingerprint density at radius 2 is 2.42 bits per heavy atom. The van der Waals surface area contributed by atoms with Crippen LogP contribution in [-0.4, -0.2) is 29.9 Å². The molecule has 0 aromatic carbocycles. The Labute approximate surface area is 73.9 Å². The van der Waals surface area contributed by atoms with Crippen LogP contribution in [0.3, 0.4) is 0 Å². The second-order valence-electron chi connectivity index (χ2n) is 3.45. The molecule has 1 rings (SSSR count). The van der Waals surface area contributed by atoms with Crippen LogP contribution in [-0.2, 0) is 4.79 Å². The fraction of sp³-hybridized carbons (Fsp3) is 0.889. The van der Waals surface area contributed by atoms with Crippen LogP contribution in [0.2, 0.25) is 0 Å².